The summed E-state index contributed by atoms with van der Waals surface area (Å²) in [6, 6.07) is 21.5. The van der Waals surface area contributed by atoms with Gasteiger partial charge < -0.3 is 10.1 Å². The Morgan fingerprint density at radius 3 is 2.71 bits per heavy atom. The lowest BCUT2D eigenvalue weighted by molar-refractivity contribution is 0.102. The van der Waals surface area contributed by atoms with Crippen LogP contribution in [0.15, 0.2) is 66.7 Å². The molecule has 5 heteroatoms. The summed E-state index contributed by atoms with van der Waals surface area (Å²) in [5.74, 6) is 1.14. The van der Waals surface area contributed by atoms with Crippen LogP contribution in [0.3, 0.4) is 0 Å². The number of anilines is 1. The molecule has 3 aromatic carbocycles. The Balaban J connectivity index is 1.52. The molecule has 158 valence electrons. The number of fused-ring (bicyclic) bond motifs is 1. The van der Waals surface area contributed by atoms with Crippen molar-refractivity contribution in [3.8, 4) is 16.3 Å². The van der Waals surface area contributed by atoms with Crippen molar-refractivity contribution >= 4 is 33.1 Å². The minimum atomic E-state index is -0.154. The Labute approximate surface area is 186 Å². The monoisotopic (exact) mass is 430 g/mol. The lowest BCUT2D eigenvalue weighted by atomic mass is 10.1. The van der Waals surface area contributed by atoms with E-state index in [0.717, 1.165) is 38.5 Å². The first kappa shape index (κ1) is 21.1. The largest absolute Gasteiger partial charge is 0.494 e. The number of para-hydroxylation sites is 1. The second-order valence-electron chi connectivity index (χ2n) is 8.03. The zero-order valence-corrected chi connectivity index (χ0v) is 18.8. The van der Waals surface area contributed by atoms with Crippen LogP contribution >= 0.6 is 11.3 Å². The molecule has 0 fully saturated rings. The van der Waals surface area contributed by atoms with Crippen molar-refractivity contribution in [2.75, 3.05) is 11.9 Å². The number of nitrogens with one attached hydrogen (secondary N) is 1. The van der Waals surface area contributed by atoms with Gasteiger partial charge in [-0.15, -0.1) is 11.3 Å². The highest BCUT2D eigenvalue weighted by Gasteiger charge is 2.12. The van der Waals surface area contributed by atoms with Crippen LogP contribution in [-0.2, 0) is 0 Å². The molecule has 4 aromatic rings. The number of aromatic nitrogens is 1. The first-order valence-electron chi connectivity index (χ1n) is 10.5. The highest BCUT2D eigenvalue weighted by molar-refractivity contribution is 7.21. The van der Waals surface area contributed by atoms with Crippen molar-refractivity contribution in [2.45, 2.75) is 27.2 Å². The van der Waals surface area contributed by atoms with Gasteiger partial charge in [0.15, 0.2) is 0 Å². The zero-order chi connectivity index (χ0) is 21.8. The number of aryl methyl sites for hydroxylation is 1. The number of amides is 1. The normalized spacial score (nSPS) is 11.1. The Bertz CT molecular complexity index is 1180. The van der Waals surface area contributed by atoms with E-state index in [0.29, 0.717) is 23.8 Å². The Hall–Kier alpha value is -3.18. The van der Waals surface area contributed by atoms with Crippen molar-refractivity contribution in [3.63, 3.8) is 0 Å². The van der Waals surface area contributed by atoms with Gasteiger partial charge in [0.05, 0.1) is 16.8 Å². The van der Waals surface area contributed by atoms with Gasteiger partial charge in [-0.25, -0.2) is 4.98 Å². The van der Waals surface area contributed by atoms with Crippen LogP contribution in [0.1, 0.15) is 36.2 Å². The van der Waals surface area contributed by atoms with Gasteiger partial charge in [-0.05, 0) is 61.2 Å². The van der Waals surface area contributed by atoms with Gasteiger partial charge in [-0.3, -0.25) is 4.79 Å². The quantitative estimate of drug-likeness (QED) is 0.345. The second-order valence-corrected chi connectivity index (χ2v) is 9.06. The molecule has 4 nitrogen and oxygen atoms in total. The molecule has 0 unspecified atom stereocenters. The lowest BCUT2D eigenvalue weighted by Gasteiger charge is -2.12. The summed E-state index contributed by atoms with van der Waals surface area (Å²) in [6.07, 6.45) is 0.980. The molecule has 31 heavy (non-hydrogen) atoms. The molecule has 1 N–H and O–H groups in total. The van der Waals surface area contributed by atoms with Crippen LogP contribution in [0.25, 0.3) is 20.8 Å². The summed E-state index contributed by atoms with van der Waals surface area (Å²) in [7, 11) is 0. The molecular weight excluding hydrogens is 404 g/mol. The number of thiazole rings is 1. The van der Waals surface area contributed by atoms with Gasteiger partial charge in [-0.1, -0.05) is 44.2 Å². The number of hydrogen-bond donors (Lipinski definition) is 1. The molecule has 0 aliphatic rings. The first-order valence-corrected chi connectivity index (χ1v) is 11.3. The van der Waals surface area contributed by atoms with E-state index in [1.165, 1.54) is 0 Å². The topological polar surface area (TPSA) is 51.2 Å². The molecule has 0 spiro atoms. The Morgan fingerprint density at radius 1 is 1.06 bits per heavy atom. The maximum absolute atomic E-state index is 12.9. The van der Waals surface area contributed by atoms with Gasteiger partial charge in [0, 0.05) is 16.8 Å². The van der Waals surface area contributed by atoms with Crippen molar-refractivity contribution in [1.29, 1.82) is 0 Å². The van der Waals surface area contributed by atoms with Crippen molar-refractivity contribution < 1.29 is 9.53 Å². The van der Waals surface area contributed by atoms with Gasteiger partial charge in [0.25, 0.3) is 5.91 Å². The van der Waals surface area contributed by atoms with E-state index in [9.17, 15) is 4.79 Å². The predicted molar refractivity (Wildman–Crippen MR) is 129 cm³/mol. The molecule has 0 aliphatic heterocycles. The third-order valence-corrected chi connectivity index (χ3v) is 6.17. The average Bonchev–Trinajstić information content (AvgIpc) is 3.19. The Kier molecular flexibility index (Phi) is 6.33. The molecule has 0 atom stereocenters. The second kappa shape index (κ2) is 9.31. The SMILES string of the molecule is Cc1ccc(-c2nc3ccccc3s2)cc1NC(=O)c1cccc(OCCC(C)C)c1. The fraction of sp³-hybridized carbons (Fsp3) is 0.231. The fourth-order valence-electron chi connectivity index (χ4n) is 3.22. The number of carbonyl (C=O) groups excluding carboxylic acids is 1. The molecule has 1 aromatic heterocycles. The number of benzene rings is 3. The van der Waals surface area contributed by atoms with Crippen molar-refractivity contribution in [3.05, 3.63) is 77.9 Å². The molecule has 0 radical (unpaired) electrons. The summed E-state index contributed by atoms with van der Waals surface area (Å²) in [5.41, 5.74) is 4.35. The van der Waals surface area contributed by atoms with E-state index in [4.69, 9.17) is 9.72 Å². The number of carbonyl (C=O) groups is 1. The van der Waals surface area contributed by atoms with Crippen LogP contribution in [-0.4, -0.2) is 17.5 Å². The molecule has 0 bridgehead atoms. The minimum Gasteiger partial charge on any atom is -0.494 e. The smallest absolute Gasteiger partial charge is 0.255 e. The van der Waals surface area contributed by atoms with Gasteiger partial charge >= 0.3 is 0 Å². The summed E-state index contributed by atoms with van der Waals surface area (Å²) in [6.45, 7) is 6.96. The van der Waals surface area contributed by atoms with Crippen LogP contribution in [0.5, 0.6) is 5.75 Å². The third-order valence-electron chi connectivity index (χ3n) is 5.09. The zero-order valence-electron chi connectivity index (χ0n) is 18.0. The number of ether oxygens (including phenoxy) is 1. The number of nitrogens with zero attached hydrogens (tertiary/aromatic N) is 1. The molecule has 0 saturated carbocycles. The summed E-state index contributed by atoms with van der Waals surface area (Å²) < 4.78 is 6.95. The first-order chi connectivity index (χ1) is 15.0. The molecule has 0 saturated heterocycles. The van der Waals surface area contributed by atoms with Gasteiger partial charge in [-0.2, -0.15) is 0 Å². The van der Waals surface area contributed by atoms with E-state index in [-0.39, 0.29) is 5.91 Å². The van der Waals surface area contributed by atoms with Crippen LogP contribution in [0, 0.1) is 12.8 Å². The van der Waals surface area contributed by atoms with E-state index >= 15 is 0 Å². The van der Waals surface area contributed by atoms with Gasteiger partial charge in [0.2, 0.25) is 0 Å². The average molecular weight is 431 g/mol. The number of hydrogen-bond acceptors (Lipinski definition) is 4. The summed E-state index contributed by atoms with van der Waals surface area (Å²) in [5, 5.41) is 4.00. The highest BCUT2D eigenvalue weighted by Crippen LogP contribution is 2.32. The third kappa shape index (κ3) is 5.12. The van der Waals surface area contributed by atoms with Crippen LogP contribution in [0.4, 0.5) is 5.69 Å². The minimum absolute atomic E-state index is 0.154. The fourth-order valence-corrected chi connectivity index (χ4v) is 4.18. The van der Waals surface area contributed by atoms with E-state index in [2.05, 4.69) is 25.2 Å². The van der Waals surface area contributed by atoms with Crippen molar-refractivity contribution in [2.24, 2.45) is 5.92 Å². The maximum atomic E-state index is 12.9. The number of rotatable bonds is 7. The highest BCUT2D eigenvalue weighted by atomic mass is 32.1. The molecule has 1 heterocycles. The van der Waals surface area contributed by atoms with E-state index in [1.807, 2.05) is 55.5 Å². The van der Waals surface area contributed by atoms with Crippen LogP contribution in [0.2, 0.25) is 0 Å². The van der Waals surface area contributed by atoms with Crippen molar-refractivity contribution in [1.82, 2.24) is 4.98 Å². The Morgan fingerprint density at radius 2 is 1.90 bits per heavy atom. The lowest BCUT2D eigenvalue weighted by Crippen LogP contribution is -2.13. The maximum Gasteiger partial charge on any atom is 0.255 e. The van der Waals surface area contributed by atoms with Gasteiger partial charge in [0.1, 0.15) is 10.8 Å². The van der Waals surface area contributed by atoms with E-state index in [1.54, 1.807) is 23.5 Å². The predicted octanol–water partition coefficient (Wildman–Crippen LogP) is 6.95. The standard InChI is InChI=1S/C26H26N2O2S/c1-17(2)13-14-30-21-8-6-7-19(15-21)25(29)27-23-16-20(12-11-18(23)3)26-28-22-9-4-5-10-24(22)31-26/h4-12,15-17H,13-14H2,1-3H3,(H,27,29). The summed E-state index contributed by atoms with van der Waals surface area (Å²) >= 11 is 1.65. The molecule has 1 amide bonds. The van der Waals surface area contributed by atoms with E-state index < -0.39 is 0 Å². The molecular formula is C26H26N2O2S. The molecule has 0 aliphatic carbocycles. The van der Waals surface area contributed by atoms with Crippen LogP contribution < -0.4 is 10.1 Å². The summed E-state index contributed by atoms with van der Waals surface area (Å²) in [4.78, 5) is 17.6. The molecule has 4 rings (SSSR count).